The second kappa shape index (κ2) is 9.73. The Morgan fingerprint density at radius 1 is 0.938 bits per heavy atom. The molecular weight excluding hydrogens is 449 g/mol. The van der Waals surface area contributed by atoms with Crippen LogP contribution in [0.15, 0.2) is 36.4 Å². The minimum Gasteiger partial charge on any atom is -0.495 e. The van der Waals surface area contributed by atoms with E-state index in [1.807, 2.05) is 6.07 Å². The summed E-state index contributed by atoms with van der Waals surface area (Å²) in [5.41, 5.74) is -0.153. The highest BCUT2D eigenvalue weighted by molar-refractivity contribution is 7.15. The molecule has 0 fully saturated rings. The topological polar surface area (TPSA) is 94.6 Å². The number of alkyl halides is 3. The first-order valence-electron chi connectivity index (χ1n) is 9.10. The summed E-state index contributed by atoms with van der Waals surface area (Å²) in [7, 11) is 4.36. The summed E-state index contributed by atoms with van der Waals surface area (Å²) in [6, 6.07) is 7.43. The van der Waals surface area contributed by atoms with E-state index in [-0.39, 0.29) is 16.6 Å². The minimum atomic E-state index is -4.56. The van der Waals surface area contributed by atoms with Gasteiger partial charge in [0, 0.05) is 6.42 Å². The van der Waals surface area contributed by atoms with Gasteiger partial charge in [0.25, 0.3) is 0 Å². The summed E-state index contributed by atoms with van der Waals surface area (Å²) >= 11 is 1.13. The molecule has 0 bridgehead atoms. The molecule has 0 unspecified atom stereocenters. The zero-order chi connectivity index (χ0) is 23.3. The summed E-state index contributed by atoms with van der Waals surface area (Å²) in [5, 5.41) is 13.5. The molecule has 0 atom stereocenters. The summed E-state index contributed by atoms with van der Waals surface area (Å²) < 4.78 is 54.4. The number of nitrogens with one attached hydrogen (secondary N) is 2. The smallest absolute Gasteiger partial charge is 0.416 e. The Hall–Kier alpha value is -3.54. The molecule has 0 spiro atoms. The Morgan fingerprint density at radius 3 is 2.28 bits per heavy atom. The van der Waals surface area contributed by atoms with Crippen molar-refractivity contribution < 1.29 is 32.2 Å². The molecule has 0 saturated heterocycles. The van der Waals surface area contributed by atoms with Crippen molar-refractivity contribution in [2.45, 2.75) is 12.6 Å². The fourth-order valence-electron chi connectivity index (χ4n) is 2.77. The number of hydrogen-bond donors (Lipinski definition) is 2. The number of methoxy groups -OCH3 is 3. The largest absolute Gasteiger partial charge is 0.495 e. The van der Waals surface area contributed by atoms with Crippen LogP contribution in [-0.4, -0.2) is 37.6 Å². The second-order valence-corrected chi connectivity index (χ2v) is 7.42. The van der Waals surface area contributed by atoms with Crippen molar-refractivity contribution in [1.82, 2.24) is 10.2 Å². The van der Waals surface area contributed by atoms with Crippen molar-refractivity contribution in [2.75, 3.05) is 32.0 Å². The average molecular weight is 468 g/mol. The number of amides is 2. The van der Waals surface area contributed by atoms with Gasteiger partial charge >= 0.3 is 12.2 Å². The molecule has 2 N–H and O–H groups in total. The summed E-state index contributed by atoms with van der Waals surface area (Å²) in [4.78, 5) is 12.3. The monoisotopic (exact) mass is 468 g/mol. The number of hydrogen-bond acceptors (Lipinski definition) is 7. The Bertz CT molecular complexity index is 1100. The predicted molar refractivity (Wildman–Crippen MR) is 113 cm³/mol. The van der Waals surface area contributed by atoms with Crippen molar-refractivity contribution in [3.05, 3.63) is 52.5 Å². The maximum atomic E-state index is 13.0. The van der Waals surface area contributed by atoms with Crippen molar-refractivity contribution >= 4 is 28.2 Å². The van der Waals surface area contributed by atoms with Crippen LogP contribution in [0, 0.1) is 0 Å². The van der Waals surface area contributed by atoms with E-state index in [1.54, 1.807) is 19.2 Å². The average Bonchev–Trinajstić information content (AvgIpc) is 3.19. The highest BCUT2D eigenvalue weighted by Crippen LogP contribution is 2.35. The number of benzene rings is 2. The van der Waals surface area contributed by atoms with E-state index in [4.69, 9.17) is 14.2 Å². The maximum Gasteiger partial charge on any atom is 0.416 e. The molecule has 3 aromatic rings. The van der Waals surface area contributed by atoms with E-state index in [2.05, 4.69) is 20.8 Å². The van der Waals surface area contributed by atoms with Gasteiger partial charge in [-0.25, -0.2) is 4.79 Å². The fourth-order valence-corrected chi connectivity index (χ4v) is 3.54. The molecule has 0 aliphatic carbocycles. The van der Waals surface area contributed by atoms with Crippen molar-refractivity contribution in [3.8, 4) is 17.2 Å². The van der Waals surface area contributed by atoms with E-state index in [0.29, 0.717) is 22.9 Å². The van der Waals surface area contributed by atoms with Gasteiger partial charge in [-0.3, -0.25) is 5.32 Å². The normalized spacial score (nSPS) is 11.1. The summed E-state index contributed by atoms with van der Waals surface area (Å²) in [6.45, 7) is 0. The lowest BCUT2D eigenvalue weighted by molar-refractivity contribution is -0.137. The van der Waals surface area contributed by atoms with Crippen LogP contribution in [0.25, 0.3) is 0 Å². The lowest BCUT2D eigenvalue weighted by atomic mass is 10.1. The number of urea groups is 1. The van der Waals surface area contributed by atoms with Crippen molar-refractivity contribution in [1.29, 1.82) is 0 Å². The molecule has 170 valence electrons. The van der Waals surface area contributed by atoms with E-state index >= 15 is 0 Å². The first-order chi connectivity index (χ1) is 15.2. The Balaban J connectivity index is 1.68. The van der Waals surface area contributed by atoms with Crippen molar-refractivity contribution in [2.24, 2.45) is 0 Å². The molecule has 1 aromatic heterocycles. The van der Waals surface area contributed by atoms with Crippen LogP contribution in [0.2, 0.25) is 0 Å². The fraction of sp³-hybridized carbons (Fsp3) is 0.250. The van der Waals surface area contributed by atoms with E-state index in [1.165, 1.54) is 14.2 Å². The molecule has 12 heteroatoms. The van der Waals surface area contributed by atoms with Gasteiger partial charge in [0.15, 0.2) is 11.5 Å². The van der Waals surface area contributed by atoms with Gasteiger partial charge < -0.3 is 19.5 Å². The minimum absolute atomic E-state index is 0.0829. The number of aromatic nitrogens is 2. The second-order valence-electron chi connectivity index (χ2n) is 6.36. The van der Waals surface area contributed by atoms with Crippen LogP contribution in [0.3, 0.4) is 0 Å². The summed E-state index contributed by atoms with van der Waals surface area (Å²) in [5.74, 6) is 1.25. The van der Waals surface area contributed by atoms with Crippen LogP contribution < -0.4 is 24.8 Å². The van der Waals surface area contributed by atoms with Crippen molar-refractivity contribution in [3.63, 3.8) is 0 Å². The molecule has 0 radical (unpaired) electrons. The van der Waals surface area contributed by atoms with E-state index in [9.17, 15) is 18.0 Å². The van der Waals surface area contributed by atoms with Crippen LogP contribution in [0.4, 0.5) is 28.8 Å². The van der Waals surface area contributed by atoms with Gasteiger partial charge in [-0.1, -0.05) is 17.4 Å². The quantitative estimate of drug-likeness (QED) is 0.517. The Kier molecular flexibility index (Phi) is 7.03. The highest BCUT2D eigenvalue weighted by atomic mass is 32.1. The zero-order valence-corrected chi connectivity index (χ0v) is 18.1. The molecule has 0 saturated carbocycles. The standard InChI is InChI=1S/C20H19F3N4O4S/c1-29-14-7-5-12(20(21,22)23)10-13(14)24-18(28)25-19-27-26-17(32-19)9-11-4-6-15(30-2)16(8-11)31-3/h4-8,10H,9H2,1-3H3,(H2,24,25,27,28). The van der Waals surface area contributed by atoms with Crippen LogP contribution >= 0.6 is 11.3 Å². The third-order valence-electron chi connectivity index (χ3n) is 4.27. The third kappa shape index (κ3) is 5.58. The number of halogens is 3. The number of nitrogens with zero attached hydrogens (tertiary/aromatic N) is 2. The van der Waals surface area contributed by atoms with Gasteiger partial charge in [-0.05, 0) is 35.9 Å². The van der Waals surface area contributed by atoms with Crippen LogP contribution in [-0.2, 0) is 12.6 Å². The molecule has 32 heavy (non-hydrogen) atoms. The van der Waals surface area contributed by atoms with E-state index < -0.39 is 17.8 Å². The molecular formula is C20H19F3N4O4S. The first-order valence-corrected chi connectivity index (χ1v) is 9.91. The van der Waals surface area contributed by atoms with Crippen LogP contribution in [0.1, 0.15) is 16.1 Å². The van der Waals surface area contributed by atoms with Gasteiger partial charge in [-0.2, -0.15) is 13.2 Å². The number of carbonyl (C=O) groups is 1. The van der Waals surface area contributed by atoms with Gasteiger partial charge in [0.05, 0.1) is 32.6 Å². The van der Waals surface area contributed by atoms with Crippen LogP contribution in [0.5, 0.6) is 17.2 Å². The lowest BCUT2D eigenvalue weighted by Gasteiger charge is -2.13. The van der Waals surface area contributed by atoms with Gasteiger partial charge in [0.1, 0.15) is 10.8 Å². The molecule has 0 aliphatic rings. The predicted octanol–water partition coefficient (Wildman–Crippen LogP) is 4.82. The number of rotatable bonds is 7. The van der Waals surface area contributed by atoms with Gasteiger partial charge in [0.2, 0.25) is 5.13 Å². The highest BCUT2D eigenvalue weighted by Gasteiger charge is 2.31. The number of anilines is 2. The molecule has 2 aromatic carbocycles. The molecule has 1 heterocycles. The zero-order valence-electron chi connectivity index (χ0n) is 17.2. The number of carbonyl (C=O) groups excluding carboxylic acids is 1. The van der Waals surface area contributed by atoms with Gasteiger partial charge in [-0.15, -0.1) is 10.2 Å². The molecule has 0 aliphatic heterocycles. The third-order valence-corrected chi connectivity index (χ3v) is 5.10. The molecule has 2 amide bonds. The Morgan fingerprint density at radius 2 is 1.62 bits per heavy atom. The SMILES string of the molecule is COc1ccc(C(F)(F)F)cc1NC(=O)Nc1nnc(Cc2ccc(OC)c(OC)c2)s1. The van der Waals surface area contributed by atoms with E-state index in [0.717, 1.165) is 35.1 Å². The Labute approximate surface area is 185 Å². The first kappa shape index (κ1) is 23.1. The lowest BCUT2D eigenvalue weighted by Crippen LogP contribution is -2.20. The summed E-state index contributed by atoms with van der Waals surface area (Å²) in [6.07, 6.45) is -4.12. The number of ether oxygens (including phenoxy) is 3. The molecule has 8 nitrogen and oxygen atoms in total. The molecule has 3 rings (SSSR count). The maximum absolute atomic E-state index is 13.0.